The summed E-state index contributed by atoms with van der Waals surface area (Å²) in [5, 5.41) is 11.8. The van der Waals surface area contributed by atoms with E-state index in [1.807, 2.05) is 54.6 Å². The maximum atomic E-state index is 12.2. The van der Waals surface area contributed by atoms with Crippen molar-refractivity contribution < 1.29 is 14.7 Å². The van der Waals surface area contributed by atoms with Gasteiger partial charge in [-0.2, -0.15) is 0 Å². The minimum Gasteiger partial charge on any atom is -0.477 e. The molecule has 3 aromatic carbocycles. The van der Waals surface area contributed by atoms with Gasteiger partial charge >= 0.3 is 5.97 Å². The third-order valence-corrected chi connectivity index (χ3v) is 4.70. The summed E-state index contributed by atoms with van der Waals surface area (Å²) < 4.78 is 0. The van der Waals surface area contributed by atoms with Crippen molar-refractivity contribution >= 4 is 29.7 Å². The first kappa shape index (κ1) is 18.5. The van der Waals surface area contributed by atoms with Crippen LogP contribution in [0, 0.1) is 0 Å². The summed E-state index contributed by atoms with van der Waals surface area (Å²) in [5.74, 6) is -1.65. The van der Waals surface area contributed by atoms with Gasteiger partial charge in [0.1, 0.15) is 5.70 Å². The summed E-state index contributed by atoms with van der Waals surface area (Å²) in [5.41, 5.74) is 0.921. The van der Waals surface area contributed by atoms with Gasteiger partial charge in [-0.1, -0.05) is 60.3 Å². The van der Waals surface area contributed by atoms with Crippen molar-refractivity contribution in [2.24, 2.45) is 0 Å². The van der Waals surface area contributed by atoms with Gasteiger partial charge in [0.2, 0.25) is 0 Å². The Morgan fingerprint density at radius 1 is 0.778 bits per heavy atom. The zero-order valence-electron chi connectivity index (χ0n) is 14.3. The predicted molar refractivity (Wildman–Crippen MR) is 107 cm³/mol. The van der Waals surface area contributed by atoms with Crippen LogP contribution in [0.25, 0.3) is 6.08 Å². The van der Waals surface area contributed by atoms with E-state index >= 15 is 0 Å². The summed E-state index contributed by atoms with van der Waals surface area (Å²) in [6.07, 6.45) is 1.44. The predicted octanol–water partition coefficient (Wildman–Crippen LogP) is 4.69. The van der Waals surface area contributed by atoms with Gasteiger partial charge in [0.05, 0.1) is 0 Å². The Morgan fingerprint density at radius 2 is 1.33 bits per heavy atom. The van der Waals surface area contributed by atoms with Crippen molar-refractivity contribution in [2.75, 3.05) is 0 Å². The summed E-state index contributed by atoms with van der Waals surface area (Å²) in [4.78, 5) is 25.9. The number of benzene rings is 3. The van der Waals surface area contributed by atoms with E-state index < -0.39 is 11.9 Å². The Morgan fingerprint density at radius 3 is 1.93 bits per heavy atom. The van der Waals surface area contributed by atoms with Crippen LogP contribution in [0.5, 0.6) is 0 Å². The van der Waals surface area contributed by atoms with Gasteiger partial charge in [0.25, 0.3) is 5.91 Å². The van der Waals surface area contributed by atoms with Gasteiger partial charge in [-0.05, 0) is 48.0 Å². The Labute approximate surface area is 161 Å². The molecule has 0 heterocycles. The lowest BCUT2D eigenvalue weighted by molar-refractivity contribution is -0.132. The molecule has 0 aliphatic carbocycles. The summed E-state index contributed by atoms with van der Waals surface area (Å²) in [6, 6.07) is 26.0. The van der Waals surface area contributed by atoms with Gasteiger partial charge in [-0.15, -0.1) is 0 Å². The third-order valence-electron chi connectivity index (χ3n) is 3.68. The molecule has 3 rings (SSSR count). The highest BCUT2D eigenvalue weighted by atomic mass is 32.2. The van der Waals surface area contributed by atoms with Crippen LogP contribution in [0.3, 0.4) is 0 Å². The highest BCUT2D eigenvalue weighted by Gasteiger charge is 2.13. The van der Waals surface area contributed by atoms with E-state index in [-0.39, 0.29) is 5.70 Å². The maximum Gasteiger partial charge on any atom is 0.352 e. The van der Waals surface area contributed by atoms with E-state index in [1.54, 1.807) is 42.1 Å². The Kier molecular flexibility index (Phi) is 6.07. The van der Waals surface area contributed by atoms with Crippen LogP contribution < -0.4 is 5.32 Å². The van der Waals surface area contributed by atoms with Gasteiger partial charge in [0.15, 0.2) is 0 Å². The topological polar surface area (TPSA) is 66.4 Å². The molecule has 27 heavy (non-hydrogen) atoms. The van der Waals surface area contributed by atoms with Crippen LogP contribution in [0.15, 0.2) is 100 Å². The molecule has 0 unspecified atom stereocenters. The van der Waals surface area contributed by atoms with Crippen molar-refractivity contribution in [3.05, 3.63) is 102 Å². The standard InChI is InChI=1S/C22H17NO3S/c24-21(17-7-3-1-4-8-17)23-20(22(25)26)15-16-11-13-19(14-12-16)27-18-9-5-2-6-10-18/h1-15H,(H,23,24)(H,25,26)/b20-15-. The van der Waals surface area contributed by atoms with Crippen LogP contribution in [-0.4, -0.2) is 17.0 Å². The molecule has 4 nitrogen and oxygen atoms in total. The normalized spacial score (nSPS) is 11.0. The minimum absolute atomic E-state index is 0.174. The summed E-state index contributed by atoms with van der Waals surface area (Å²) in [7, 11) is 0. The van der Waals surface area contributed by atoms with Crippen molar-refractivity contribution in [3.63, 3.8) is 0 Å². The number of rotatable bonds is 6. The first-order valence-corrected chi connectivity index (χ1v) is 9.08. The SMILES string of the molecule is O=C(O)/C(=C/c1ccc(Sc2ccccc2)cc1)NC(=O)c1ccccc1. The van der Waals surface area contributed by atoms with Crippen molar-refractivity contribution in [1.82, 2.24) is 5.32 Å². The first-order chi connectivity index (χ1) is 13.1. The third kappa shape index (κ3) is 5.33. The van der Waals surface area contributed by atoms with E-state index in [9.17, 15) is 14.7 Å². The molecule has 0 bridgehead atoms. The minimum atomic E-state index is -1.19. The maximum absolute atomic E-state index is 12.2. The number of hydrogen-bond acceptors (Lipinski definition) is 3. The van der Waals surface area contributed by atoms with Crippen molar-refractivity contribution in [3.8, 4) is 0 Å². The molecule has 5 heteroatoms. The molecule has 1 amide bonds. The molecule has 2 N–H and O–H groups in total. The molecule has 0 saturated carbocycles. The van der Waals surface area contributed by atoms with Crippen LogP contribution in [0.1, 0.15) is 15.9 Å². The first-order valence-electron chi connectivity index (χ1n) is 8.26. The van der Waals surface area contributed by atoms with Crippen LogP contribution in [-0.2, 0) is 4.79 Å². The van der Waals surface area contributed by atoms with Crippen LogP contribution in [0.2, 0.25) is 0 Å². The number of carboxylic acid groups (broad SMARTS) is 1. The molecule has 0 aliphatic rings. The molecular formula is C22H17NO3S. The van der Waals surface area contributed by atoms with Crippen LogP contribution >= 0.6 is 11.8 Å². The highest BCUT2D eigenvalue weighted by molar-refractivity contribution is 7.99. The molecular weight excluding hydrogens is 358 g/mol. The second kappa shape index (κ2) is 8.87. The van der Waals surface area contributed by atoms with Crippen LogP contribution in [0.4, 0.5) is 0 Å². The number of nitrogens with one attached hydrogen (secondary N) is 1. The lowest BCUT2D eigenvalue weighted by atomic mass is 10.1. The fourth-order valence-corrected chi connectivity index (χ4v) is 3.20. The smallest absolute Gasteiger partial charge is 0.352 e. The lowest BCUT2D eigenvalue weighted by Crippen LogP contribution is -2.27. The van der Waals surface area contributed by atoms with Crippen molar-refractivity contribution in [2.45, 2.75) is 9.79 Å². The zero-order valence-corrected chi connectivity index (χ0v) is 15.1. The van der Waals surface area contributed by atoms with Gasteiger partial charge < -0.3 is 10.4 Å². The lowest BCUT2D eigenvalue weighted by Gasteiger charge is -2.07. The molecule has 0 fully saturated rings. The van der Waals surface area contributed by atoms with Crippen molar-refractivity contribution in [1.29, 1.82) is 0 Å². The highest BCUT2D eigenvalue weighted by Crippen LogP contribution is 2.27. The fraction of sp³-hybridized carbons (Fsp3) is 0. The Hall–Kier alpha value is -3.31. The zero-order chi connectivity index (χ0) is 19.1. The number of amides is 1. The van der Waals surface area contributed by atoms with Gasteiger partial charge in [-0.25, -0.2) is 4.79 Å². The van der Waals surface area contributed by atoms with E-state index in [0.29, 0.717) is 11.1 Å². The molecule has 0 aromatic heterocycles. The van der Waals surface area contributed by atoms with E-state index in [2.05, 4.69) is 5.32 Å². The van der Waals surface area contributed by atoms with E-state index in [4.69, 9.17) is 0 Å². The number of carbonyl (C=O) groups excluding carboxylic acids is 1. The average molecular weight is 375 g/mol. The molecule has 0 aliphatic heterocycles. The van der Waals surface area contributed by atoms with Gasteiger partial charge in [-0.3, -0.25) is 4.79 Å². The molecule has 0 radical (unpaired) electrons. The molecule has 3 aromatic rings. The largest absolute Gasteiger partial charge is 0.477 e. The monoisotopic (exact) mass is 375 g/mol. The second-order valence-corrected chi connectivity index (χ2v) is 6.81. The second-order valence-electron chi connectivity index (χ2n) is 5.67. The summed E-state index contributed by atoms with van der Waals surface area (Å²) >= 11 is 1.62. The number of carbonyl (C=O) groups is 2. The molecule has 134 valence electrons. The van der Waals surface area contributed by atoms with Gasteiger partial charge in [0, 0.05) is 15.4 Å². The molecule has 0 saturated heterocycles. The molecule has 0 spiro atoms. The Balaban J connectivity index is 1.74. The summed E-state index contributed by atoms with van der Waals surface area (Å²) in [6.45, 7) is 0. The quantitative estimate of drug-likeness (QED) is 0.613. The average Bonchev–Trinajstić information content (AvgIpc) is 2.70. The van der Waals surface area contributed by atoms with E-state index in [1.165, 1.54) is 6.08 Å². The Bertz CT molecular complexity index is 952. The number of hydrogen-bond donors (Lipinski definition) is 2. The number of carboxylic acids is 1. The number of aliphatic carboxylic acids is 1. The fourth-order valence-electron chi connectivity index (χ4n) is 2.36. The van der Waals surface area contributed by atoms with E-state index in [0.717, 1.165) is 9.79 Å². The molecule has 0 atom stereocenters.